The molecule has 5 heteroatoms. The molecular weight excluding hydrogens is 397 g/mol. The molecule has 2 aromatic rings. The number of nitrogens with two attached hydrogens (primary N) is 1. The van der Waals surface area contributed by atoms with Crippen LogP contribution in [0, 0.1) is 3.57 Å². The van der Waals surface area contributed by atoms with Gasteiger partial charge in [0.15, 0.2) is 0 Å². The molecule has 0 radical (unpaired) electrons. The summed E-state index contributed by atoms with van der Waals surface area (Å²) in [6, 6.07) is 13.8. The summed E-state index contributed by atoms with van der Waals surface area (Å²) in [6.45, 7) is 2.11. The third kappa shape index (κ3) is 4.11. The van der Waals surface area contributed by atoms with Gasteiger partial charge in [0, 0.05) is 10.6 Å². The molecule has 0 aliphatic carbocycles. The fourth-order valence-electron chi connectivity index (χ4n) is 1.91. The van der Waals surface area contributed by atoms with E-state index in [1.54, 1.807) is 4.90 Å². The second kappa shape index (κ2) is 7.13. The van der Waals surface area contributed by atoms with Crippen molar-refractivity contribution in [1.29, 1.82) is 0 Å². The molecule has 0 aromatic heterocycles. The molecule has 2 N–H and O–H groups in total. The molecule has 3 nitrogen and oxygen atoms in total. The van der Waals surface area contributed by atoms with Gasteiger partial charge in [0.2, 0.25) is 5.96 Å². The second-order valence-corrected chi connectivity index (χ2v) is 6.30. The molecule has 0 saturated heterocycles. The van der Waals surface area contributed by atoms with Gasteiger partial charge in [-0.25, -0.2) is 4.99 Å². The molecule has 110 valence electrons. The molecule has 0 saturated carbocycles. The lowest BCUT2D eigenvalue weighted by atomic mass is 10.1. The molecule has 0 unspecified atom stereocenters. The Morgan fingerprint density at radius 1 is 1.29 bits per heavy atom. The number of aryl methyl sites for hydroxylation is 1. The van der Waals surface area contributed by atoms with E-state index in [-0.39, 0.29) is 0 Å². The van der Waals surface area contributed by atoms with Crippen molar-refractivity contribution in [3.8, 4) is 0 Å². The van der Waals surface area contributed by atoms with Crippen molar-refractivity contribution in [2.24, 2.45) is 10.7 Å². The van der Waals surface area contributed by atoms with Crippen molar-refractivity contribution in [3.05, 3.63) is 56.6 Å². The van der Waals surface area contributed by atoms with Gasteiger partial charge in [0.05, 0.1) is 16.4 Å². The zero-order valence-electron chi connectivity index (χ0n) is 12.0. The van der Waals surface area contributed by atoms with Crippen molar-refractivity contribution < 1.29 is 0 Å². The summed E-state index contributed by atoms with van der Waals surface area (Å²) in [5.74, 6) is 0.409. The first-order valence-corrected chi connectivity index (χ1v) is 8.09. The van der Waals surface area contributed by atoms with Crippen molar-refractivity contribution in [2.75, 3.05) is 11.9 Å². The first kappa shape index (κ1) is 16.1. The number of anilines is 1. The van der Waals surface area contributed by atoms with Gasteiger partial charge in [0.25, 0.3) is 0 Å². The van der Waals surface area contributed by atoms with Crippen molar-refractivity contribution >= 4 is 51.5 Å². The lowest BCUT2D eigenvalue weighted by Gasteiger charge is -2.20. The van der Waals surface area contributed by atoms with Crippen LogP contribution >= 0.6 is 34.2 Å². The fraction of sp³-hybridized carbons (Fsp3) is 0.188. The Hall–Kier alpha value is -1.27. The zero-order chi connectivity index (χ0) is 15.4. The Labute approximate surface area is 144 Å². The highest BCUT2D eigenvalue weighted by atomic mass is 127. The minimum Gasteiger partial charge on any atom is -0.369 e. The summed E-state index contributed by atoms with van der Waals surface area (Å²) in [7, 11) is 1.87. The predicted octanol–water partition coefficient (Wildman–Crippen LogP) is 4.59. The van der Waals surface area contributed by atoms with Gasteiger partial charge in [-0.2, -0.15) is 0 Å². The second-order valence-electron chi connectivity index (χ2n) is 4.65. The summed E-state index contributed by atoms with van der Waals surface area (Å²) >= 11 is 8.52. The number of aliphatic imine (C=N–C) groups is 1. The largest absolute Gasteiger partial charge is 0.369 e. The van der Waals surface area contributed by atoms with Crippen LogP contribution in [0.3, 0.4) is 0 Å². The van der Waals surface area contributed by atoms with Crippen LogP contribution in [0.25, 0.3) is 0 Å². The van der Waals surface area contributed by atoms with E-state index in [1.165, 1.54) is 5.56 Å². The van der Waals surface area contributed by atoms with Crippen LogP contribution < -0.4 is 10.6 Å². The van der Waals surface area contributed by atoms with Crippen LogP contribution in [0.2, 0.25) is 5.02 Å². The standard InChI is InChI=1S/C16H17ClIN3/c1-3-11-7-8-14(17)15(9-11)21(2)16(19)20-13-6-4-5-12(18)10-13/h4-10H,3H2,1-2H3,(H2,19,20). The maximum atomic E-state index is 6.27. The van der Waals surface area contributed by atoms with Gasteiger partial charge in [-0.05, 0) is 64.9 Å². The molecule has 2 aromatic carbocycles. The minimum atomic E-state index is 0.409. The Balaban J connectivity index is 2.32. The topological polar surface area (TPSA) is 41.6 Å². The lowest BCUT2D eigenvalue weighted by molar-refractivity contribution is 1.13. The molecule has 0 fully saturated rings. The van der Waals surface area contributed by atoms with E-state index in [9.17, 15) is 0 Å². The van der Waals surface area contributed by atoms with Gasteiger partial charge in [-0.3, -0.25) is 0 Å². The molecule has 21 heavy (non-hydrogen) atoms. The Morgan fingerprint density at radius 3 is 2.71 bits per heavy atom. The van der Waals surface area contributed by atoms with E-state index in [4.69, 9.17) is 17.3 Å². The summed E-state index contributed by atoms with van der Waals surface area (Å²) in [4.78, 5) is 6.26. The van der Waals surface area contributed by atoms with Crippen molar-refractivity contribution in [2.45, 2.75) is 13.3 Å². The normalized spacial score (nSPS) is 11.5. The zero-order valence-corrected chi connectivity index (χ0v) is 14.9. The summed E-state index contributed by atoms with van der Waals surface area (Å²) in [5.41, 5.74) is 9.01. The molecule has 0 heterocycles. The van der Waals surface area contributed by atoms with E-state index in [0.717, 1.165) is 21.4 Å². The van der Waals surface area contributed by atoms with Crippen LogP contribution in [0.1, 0.15) is 12.5 Å². The third-order valence-corrected chi connectivity index (χ3v) is 4.17. The Morgan fingerprint density at radius 2 is 2.05 bits per heavy atom. The van der Waals surface area contributed by atoms with E-state index >= 15 is 0 Å². The number of rotatable bonds is 3. The van der Waals surface area contributed by atoms with E-state index in [0.29, 0.717) is 11.0 Å². The number of hydrogen-bond acceptors (Lipinski definition) is 1. The molecule has 0 aliphatic heterocycles. The van der Waals surface area contributed by atoms with Gasteiger partial charge in [-0.1, -0.05) is 30.7 Å². The highest BCUT2D eigenvalue weighted by Gasteiger charge is 2.10. The van der Waals surface area contributed by atoms with Crippen molar-refractivity contribution in [3.63, 3.8) is 0 Å². The summed E-state index contributed by atoms with van der Waals surface area (Å²) in [5, 5.41) is 0.662. The van der Waals surface area contributed by atoms with Crippen LogP contribution in [-0.4, -0.2) is 13.0 Å². The van der Waals surface area contributed by atoms with Gasteiger partial charge in [0.1, 0.15) is 0 Å². The number of halogens is 2. The SMILES string of the molecule is CCc1ccc(Cl)c(N(C)C(N)=Nc2cccc(I)c2)c1. The predicted molar refractivity (Wildman–Crippen MR) is 99.7 cm³/mol. The maximum Gasteiger partial charge on any atom is 0.200 e. The smallest absolute Gasteiger partial charge is 0.200 e. The molecular formula is C16H17ClIN3. The molecule has 0 bridgehead atoms. The third-order valence-electron chi connectivity index (χ3n) is 3.18. The van der Waals surface area contributed by atoms with Crippen LogP contribution in [0.5, 0.6) is 0 Å². The van der Waals surface area contributed by atoms with Gasteiger partial charge >= 0.3 is 0 Å². The summed E-state index contributed by atoms with van der Waals surface area (Å²) in [6.07, 6.45) is 0.950. The first-order valence-electron chi connectivity index (χ1n) is 6.63. The number of guanidine groups is 1. The lowest BCUT2D eigenvalue weighted by Crippen LogP contribution is -2.33. The Bertz CT molecular complexity index is 670. The summed E-state index contributed by atoms with van der Waals surface area (Å²) < 4.78 is 1.12. The average molecular weight is 414 g/mol. The molecule has 0 atom stereocenters. The van der Waals surface area contributed by atoms with Crippen LogP contribution in [-0.2, 0) is 6.42 Å². The number of benzene rings is 2. The van der Waals surface area contributed by atoms with Gasteiger partial charge < -0.3 is 10.6 Å². The van der Waals surface area contributed by atoms with Gasteiger partial charge in [-0.15, -0.1) is 0 Å². The molecule has 0 amide bonds. The minimum absolute atomic E-state index is 0.409. The van der Waals surface area contributed by atoms with Crippen LogP contribution in [0.15, 0.2) is 47.5 Å². The number of nitrogens with zero attached hydrogens (tertiary/aromatic N) is 2. The first-order chi connectivity index (χ1) is 10.0. The highest BCUT2D eigenvalue weighted by Crippen LogP contribution is 2.27. The van der Waals surface area contributed by atoms with E-state index < -0.39 is 0 Å². The van der Waals surface area contributed by atoms with Crippen molar-refractivity contribution in [1.82, 2.24) is 0 Å². The monoisotopic (exact) mass is 413 g/mol. The van der Waals surface area contributed by atoms with Crippen LogP contribution in [0.4, 0.5) is 11.4 Å². The Kier molecular flexibility index (Phi) is 5.47. The molecule has 0 aliphatic rings. The van der Waals surface area contributed by atoms with E-state index in [2.05, 4.69) is 34.5 Å². The highest BCUT2D eigenvalue weighted by molar-refractivity contribution is 14.1. The fourth-order valence-corrected chi connectivity index (χ4v) is 2.68. The van der Waals surface area contributed by atoms with E-state index in [1.807, 2.05) is 49.5 Å². The average Bonchev–Trinajstić information content (AvgIpc) is 2.47. The molecule has 0 spiro atoms. The maximum absolute atomic E-state index is 6.27. The quantitative estimate of drug-likeness (QED) is 0.454. The number of hydrogen-bond donors (Lipinski definition) is 1. The molecule has 2 rings (SSSR count).